The molecule has 98 valence electrons. The second-order valence-electron chi connectivity index (χ2n) is 5.47. The molecule has 1 saturated carbocycles. The zero-order valence-electron chi connectivity index (χ0n) is 11.0. The molecule has 0 aromatic carbocycles. The van der Waals surface area contributed by atoms with Crippen LogP contribution in [0.2, 0.25) is 6.82 Å². The Labute approximate surface area is 103 Å². The Balaban J connectivity index is 2.06. The van der Waals surface area contributed by atoms with Crippen LogP contribution in [0.25, 0.3) is 0 Å². The molecule has 1 heterocycles. The lowest BCUT2D eigenvalue weighted by Gasteiger charge is -2.24. The molecule has 1 saturated heterocycles. The van der Waals surface area contributed by atoms with Crippen LogP contribution in [0.3, 0.4) is 0 Å². The van der Waals surface area contributed by atoms with E-state index >= 15 is 0 Å². The summed E-state index contributed by atoms with van der Waals surface area (Å²) in [5.74, 6) is -0.219. The molecule has 0 amide bonds. The zero-order valence-corrected chi connectivity index (χ0v) is 11.0. The van der Waals surface area contributed by atoms with Crippen LogP contribution in [-0.2, 0) is 14.2 Å². The predicted molar refractivity (Wildman–Crippen MR) is 64.6 cm³/mol. The van der Waals surface area contributed by atoms with Gasteiger partial charge in [-0.3, -0.25) is 0 Å². The average Bonchev–Trinajstić information content (AvgIpc) is 2.63. The maximum atomic E-state index is 9.44. The van der Waals surface area contributed by atoms with E-state index in [2.05, 4.69) is 5.23 Å². The van der Waals surface area contributed by atoms with Crippen molar-refractivity contribution in [3.8, 4) is 0 Å². The van der Waals surface area contributed by atoms with E-state index in [1.165, 1.54) is 0 Å². The quantitative estimate of drug-likeness (QED) is 0.693. The minimum absolute atomic E-state index is 0.000231. The van der Waals surface area contributed by atoms with Crippen molar-refractivity contribution in [2.45, 2.75) is 51.1 Å². The van der Waals surface area contributed by atoms with Gasteiger partial charge in [0.2, 0.25) is 0 Å². The van der Waals surface area contributed by atoms with Gasteiger partial charge in [0.15, 0.2) is 5.79 Å². The largest absolute Gasteiger partial charge is 0.437 e. The third-order valence-electron chi connectivity index (χ3n) is 3.42. The molecule has 0 aromatic heterocycles. The van der Waals surface area contributed by atoms with Gasteiger partial charge in [-0.1, -0.05) is 0 Å². The Morgan fingerprint density at radius 2 is 2.06 bits per heavy atom. The smallest absolute Gasteiger partial charge is 0.373 e. The van der Waals surface area contributed by atoms with E-state index in [1.54, 1.807) is 13.9 Å². The summed E-state index contributed by atoms with van der Waals surface area (Å²) < 4.78 is 17.1. The molecule has 2 N–H and O–H groups in total. The summed E-state index contributed by atoms with van der Waals surface area (Å²) in [6.45, 7) is 6.24. The van der Waals surface area contributed by atoms with E-state index in [-0.39, 0.29) is 18.2 Å². The van der Waals surface area contributed by atoms with E-state index in [9.17, 15) is 5.02 Å². The van der Waals surface area contributed by atoms with Crippen molar-refractivity contribution < 1.29 is 19.2 Å². The van der Waals surface area contributed by atoms with Crippen LogP contribution >= 0.6 is 0 Å². The maximum absolute atomic E-state index is 9.44. The number of hydrogen-bond donors (Lipinski definition) is 2. The molecule has 2 aliphatic rings. The van der Waals surface area contributed by atoms with E-state index in [4.69, 9.17) is 14.2 Å². The second-order valence-corrected chi connectivity index (χ2v) is 5.47. The minimum Gasteiger partial charge on any atom is -0.437 e. The van der Waals surface area contributed by atoms with Crippen LogP contribution in [0, 0.1) is 5.92 Å². The summed E-state index contributed by atoms with van der Waals surface area (Å²) in [6, 6.07) is 0.127. The van der Waals surface area contributed by atoms with E-state index in [0.717, 1.165) is 6.42 Å². The van der Waals surface area contributed by atoms with E-state index in [0.29, 0.717) is 12.5 Å². The number of ether oxygens (including phenoxy) is 3. The molecule has 1 aliphatic heterocycles. The van der Waals surface area contributed by atoms with Gasteiger partial charge in [-0.25, -0.2) is 0 Å². The Morgan fingerprint density at radius 3 is 2.65 bits per heavy atom. The molecule has 17 heavy (non-hydrogen) atoms. The molecule has 2 fully saturated rings. The SMILES string of the molecule is COC[C@H]1C[C@@H](NB(C)O)[C@@H]2OC(C)(C)O[C@H]12. The highest BCUT2D eigenvalue weighted by Gasteiger charge is 2.53. The summed E-state index contributed by atoms with van der Waals surface area (Å²) in [5, 5.41) is 12.6. The Bertz CT molecular complexity index is 274. The van der Waals surface area contributed by atoms with Crippen LogP contribution in [0.15, 0.2) is 0 Å². The summed E-state index contributed by atoms with van der Waals surface area (Å²) >= 11 is 0. The highest BCUT2D eigenvalue weighted by atomic mass is 16.8. The summed E-state index contributed by atoms with van der Waals surface area (Å²) in [4.78, 5) is 0. The fourth-order valence-electron chi connectivity index (χ4n) is 2.94. The molecule has 0 unspecified atom stereocenters. The molecule has 0 spiro atoms. The first-order chi connectivity index (χ1) is 7.93. The first kappa shape index (κ1) is 13.3. The van der Waals surface area contributed by atoms with Gasteiger partial charge in [0, 0.05) is 19.1 Å². The molecular formula is C11H22BNO4. The first-order valence-corrected chi connectivity index (χ1v) is 6.21. The Hall–Kier alpha value is -0.135. The minimum atomic E-state index is -0.541. The van der Waals surface area contributed by atoms with Crippen LogP contribution in [0.5, 0.6) is 0 Å². The standard InChI is InChI=1S/C11H22BNO4/c1-11(2)16-9-7(6-15-4)5-8(10(9)17-11)13-12(3)14/h7-10,13-14H,5-6H2,1-4H3/t7-,8-,9-,10+/m1/s1. The van der Waals surface area contributed by atoms with Crippen molar-refractivity contribution in [3.63, 3.8) is 0 Å². The average molecular weight is 243 g/mol. The summed E-state index contributed by atoms with van der Waals surface area (Å²) in [6.07, 6.45) is 0.963. The highest BCUT2D eigenvalue weighted by Crippen LogP contribution is 2.41. The lowest BCUT2D eigenvalue weighted by atomic mass is 9.86. The van der Waals surface area contributed by atoms with Crippen molar-refractivity contribution in [1.82, 2.24) is 5.23 Å². The fraction of sp³-hybridized carbons (Fsp3) is 1.00. The second kappa shape index (κ2) is 4.86. The van der Waals surface area contributed by atoms with Crippen molar-refractivity contribution in [2.75, 3.05) is 13.7 Å². The maximum Gasteiger partial charge on any atom is 0.373 e. The third kappa shape index (κ3) is 2.82. The Morgan fingerprint density at radius 1 is 1.41 bits per heavy atom. The highest BCUT2D eigenvalue weighted by molar-refractivity contribution is 6.45. The van der Waals surface area contributed by atoms with Crippen molar-refractivity contribution in [1.29, 1.82) is 0 Å². The van der Waals surface area contributed by atoms with Gasteiger partial charge in [-0.2, -0.15) is 0 Å². The van der Waals surface area contributed by atoms with Gasteiger partial charge in [-0.05, 0) is 27.1 Å². The molecule has 5 nitrogen and oxygen atoms in total. The number of hydrogen-bond acceptors (Lipinski definition) is 5. The summed E-state index contributed by atoms with van der Waals surface area (Å²) in [7, 11) is 1.17. The normalized spacial score (nSPS) is 39.4. The molecule has 0 aromatic rings. The number of rotatable bonds is 4. The van der Waals surface area contributed by atoms with Gasteiger partial charge in [0.1, 0.15) is 6.10 Å². The molecule has 4 atom stereocenters. The molecule has 0 bridgehead atoms. The van der Waals surface area contributed by atoms with Crippen molar-refractivity contribution >= 4 is 7.05 Å². The monoisotopic (exact) mass is 243 g/mol. The fourth-order valence-corrected chi connectivity index (χ4v) is 2.94. The van der Waals surface area contributed by atoms with Crippen molar-refractivity contribution in [2.24, 2.45) is 5.92 Å². The van der Waals surface area contributed by atoms with Crippen LogP contribution < -0.4 is 5.23 Å². The number of methoxy groups -OCH3 is 1. The van der Waals surface area contributed by atoms with Crippen LogP contribution in [0.1, 0.15) is 20.3 Å². The van der Waals surface area contributed by atoms with Crippen molar-refractivity contribution in [3.05, 3.63) is 0 Å². The van der Waals surface area contributed by atoms with E-state index < -0.39 is 12.8 Å². The number of nitrogens with one attached hydrogen (secondary N) is 1. The molecule has 6 heteroatoms. The van der Waals surface area contributed by atoms with Gasteiger partial charge in [-0.15, -0.1) is 0 Å². The lowest BCUT2D eigenvalue weighted by Crippen LogP contribution is -2.46. The van der Waals surface area contributed by atoms with Gasteiger partial charge < -0.3 is 24.5 Å². The molecule has 1 aliphatic carbocycles. The Kier molecular flexibility index (Phi) is 3.80. The van der Waals surface area contributed by atoms with Crippen LogP contribution in [0.4, 0.5) is 0 Å². The summed E-state index contributed by atoms with van der Waals surface area (Å²) in [5.41, 5.74) is 0. The predicted octanol–water partition coefficient (Wildman–Crippen LogP) is 0.241. The molecule has 0 radical (unpaired) electrons. The molecular weight excluding hydrogens is 221 g/mol. The molecule has 2 rings (SSSR count). The van der Waals surface area contributed by atoms with E-state index in [1.807, 2.05) is 13.8 Å². The first-order valence-electron chi connectivity index (χ1n) is 6.21. The van der Waals surface area contributed by atoms with Gasteiger partial charge in [0.05, 0.1) is 12.7 Å². The topological polar surface area (TPSA) is 60.0 Å². The van der Waals surface area contributed by atoms with Gasteiger partial charge >= 0.3 is 7.05 Å². The van der Waals surface area contributed by atoms with Gasteiger partial charge in [0.25, 0.3) is 0 Å². The lowest BCUT2D eigenvalue weighted by molar-refractivity contribution is -0.160. The zero-order chi connectivity index (χ0) is 12.6. The van der Waals surface area contributed by atoms with Crippen LogP contribution in [-0.4, -0.2) is 49.8 Å². The third-order valence-corrected chi connectivity index (χ3v) is 3.42. The number of fused-ring (bicyclic) bond motifs is 1.